The molecular weight excluding hydrogens is 226 g/mol. The van der Waals surface area contributed by atoms with Gasteiger partial charge in [-0.25, -0.2) is 4.98 Å². The van der Waals surface area contributed by atoms with Crippen molar-refractivity contribution in [3.63, 3.8) is 0 Å². The minimum Gasteiger partial charge on any atom is -0.356 e. The molecule has 0 aliphatic carbocycles. The fourth-order valence-corrected chi connectivity index (χ4v) is 2.50. The maximum Gasteiger partial charge on any atom is 0.252 e. The molecule has 100 valence electrons. The number of aromatic amines is 1. The largest absolute Gasteiger partial charge is 0.356 e. The number of aryl methyl sites for hydroxylation is 1. The summed E-state index contributed by atoms with van der Waals surface area (Å²) in [5, 5.41) is 0. The van der Waals surface area contributed by atoms with Gasteiger partial charge in [0.25, 0.3) is 5.56 Å². The Kier molecular flexibility index (Phi) is 3.46. The number of aromatic nitrogens is 2. The Bertz CT molecular complexity index is 473. The summed E-state index contributed by atoms with van der Waals surface area (Å²) in [7, 11) is 0. The Morgan fingerprint density at radius 1 is 1.50 bits per heavy atom. The van der Waals surface area contributed by atoms with Crippen molar-refractivity contribution in [1.82, 2.24) is 9.97 Å². The van der Waals surface area contributed by atoms with Crippen molar-refractivity contribution >= 4 is 5.82 Å². The van der Waals surface area contributed by atoms with Gasteiger partial charge in [-0.1, -0.05) is 27.7 Å². The van der Waals surface area contributed by atoms with Crippen LogP contribution < -0.4 is 10.5 Å². The first kappa shape index (κ1) is 13.1. The molecule has 0 spiro atoms. The topological polar surface area (TPSA) is 49.0 Å². The molecule has 1 aliphatic heterocycles. The quantitative estimate of drug-likeness (QED) is 0.874. The molecule has 4 heteroatoms. The monoisotopic (exact) mass is 249 g/mol. The van der Waals surface area contributed by atoms with E-state index in [1.54, 1.807) is 6.07 Å². The highest BCUT2D eigenvalue weighted by molar-refractivity contribution is 5.39. The molecule has 1 aromatic heterocycles. The second-order valence-corrected chi connectivity index (χ2v) is 6.20. The minimum atomic E-state index is -0.0453. The molecule has 1 saturated heterocycles. The molecule has 1 N–H and O–H groups in total. The van der Waals surface area contributed by atoms with E-state index in [-0.39, 0.29) is 5.56 Å². The van der Waals surface area contributed by atoms with Crippen LogP contribution in [0.1, 0.15) is 39.9 Å². The van der Waals surface area contributed by atoms with E-state index in [1.165, 1.54) is 6.42 Å². The minimum absolute atomic E-state index is 0.0453. The molecule has 2 heterocycles. The molecule has 0 radical (unpaired) electrons. The lowest BCUT2D eigenvalue weighted by molar-refractivity contribution is 0.263. The van der Waals surface area contributed by atoms with Crippen LogP contribution in [-0.4, -0.2) is 23.1 Å². The lowest BCUT2D eigenvalue weighted by Gasteiger charge is -2.27. The van der Waals surface area contributed by atoms with Crippen molar-refractivity contribution in [3.05, 3.63) is 22.2 Å². The van der Waals surface area contributed by atoms with Crippen molar-refractivity contribution in [2.24, 2.45) is 11.3 Å². The summed E-state index contributed by atoms with van der Waals surface area (Å²) in [5.41, 5.74) is 0.278. The van der Waals surface area contributed by atoms with E-state index in [4.69, 9.17) is 0 Å². The molecule has 0 aromatic carbocycles. The van der Waals surface area contributed by atoms with Crippen LogP contribution in [0.3, 0.4) is 0 Å². The summed E-state index contributed by atoms with van der Waals surface area (Å²) in [4.78, 5) is 21.1. The van der Waals surface area contributed by atoms with E-state index in [2.05, 4.69) is 35.6 Å². The molecule has 1 aliphatic rings. The van der Waals surface area contributed by atoms with E-state index in [0.717, 1.165) is 31.2 Å². The summed E-state index contributed by atoms with van der Waals surface area (Å²) < 4.78 is 0. The molecule has 4 nitrogen and oxygen atoms in total. The third kappa shape index (κ3) is 2.74. The highest BCUT2D eigenvalue weighted by atomic mass is 16.1. The summed E-state index contributed by atoms with van der Waals surface area (Å²) >= 11 is 0. The number of anilines is 1. The summed E-state index contributed by atoms with van der Waals surface area (Å²) in [6.45, 7) is 10.9. The third-order valence-corrected chi connectivity index (χ3v) is 3.85. The molecular formula is C14H23N3O. The second-order valence-electron chi connectivity index (χ2n) is 6.20. The van der Waals surface area contributed by atoms with E-state index >= 15 is 0 Å². The lowest BCUT2D eigenvalue weighted by atomic mass is 9.80. The second kappa shape index (κ2) is 4.75. The van der Waals surface area contributed by atoms with Crippen molar-refractivity contribution in [3.8, 4) is 0 Å². The van der Waals surface area contributed by atoms with Gasteiger partial charge in [-0.2, -0.15) is 0 Å². The van der Waals surface area contributed by atoms with Gasteiger partial charge >= 0.3 is 0 Å². The van der Waals surface area contributed by atoms with E-state index in [1.807, 2.05) is 6.92 Å². The van der Waals surface area contributed by atoms with Gasteiger partial charge in [0.2, 0.25) is 0 Å². The molecule has 2 rings (SSSR count). The zero-order chi connectivity index (χ0) is 13.3. The van der Waals surface area contributed by atoms with Gasteiger partial charge in [-0.3, -0.25) is 4.79 Å². The van der Waals surface area contributed by atoms with Gasteiger partial charge in [0.15, 0.2) is 0 Å². The van der Waals surface area contributed by atoms with Gasteiger partial charge in [-0.05, 0) is 17.8 Å². The standard InChI is InChI=1S/C14H23N3O/c1-5-11-15-12(8-13(18)16-11)17-7-6-10(9-17)14(2,3)4/h8,10H,5-7,9H2,1-4H3,(H,15,16,18). The molecule has 1 fully saturated rings. The van der Waals surface area contributed by atoms with Crippen molar-refractivity contribution in [2.75, 3.05) is 18.0 Å². The Labute approximate surface area is 108 Å². The highest BCUT2D eigenvalue weighted by Gasteiger charge is 2.32. The Morgan fingerprint density at radius 2 is 2.22 bits per heavy atom. The first-order valence-corrected chi connectivity index (χ1v) is 6.75. The van der Waals surface area contributed by atoms with E-state index in [0.29, 0.717) is 11.3 Å². The smallest absolute Gasteiger partial charge is 0.252 e. The number of hydrogen-bond donors (Lipinski definition) is 1. The molecule has 1 atom stereocenters. The lowest BCUT2D eigenvalue weighted by Crippen LogP contribution is -2.27. The number of hydrogen-bond acceptors (Lipinski definition) is 3. The normalized spacial score (nSPS) is 20.4. The van der Waals surface area contributed by atoms with Gasteiger partial charge in [0.05, 0.1) is 0 Å². The van der Waals surface area contributed by atoms with Crippen LogP contribution in [0, 0.1) is 11.3 Å². The van der Waals surface area contributed by atoms with Crippen LogP contribution in [-0.2, 0) is 6.42 Å². The SMILES string of the molecule is CCc1nc(N2CCC(C(C)(C)C)C2)cc(=O)[nH]1. The average Bonchev–Trinajstić information content (AvgIpc) is 2.77. The van der Waals surface area contributed by atoms with Gasteiger partial charge in [-0.15, -0.1) is 0 Å². The van der Waals surface area contributed by atoms with Crippen LogP contribution in [0.5, 0.6) is 0 Å². The van der Waals surface area contributed by atoms with Gasteiger partial charge < -0.3 is 9.88 Å². The molecule has 1 unspecified atom stereocenters. The number of nitrogens with one attached hydrogen (secondary N) is 1. The molecule has 18 heavy (non-hydrogen) atoms. The number of H-pyrrole nitrogens is 1. The first-order chi connectivity index (χ1) is 8.40. The zero-order valence-electron chi connectivity index (χ0n) is 11.8. The first-order valence-electron chi connectivity index (χ1n) is 6.75. The summed E-state index contributed by atoms with van der Waals surface area (Å²) in [5.74, 6) is 2.28. The Morgan fingerprint density at radius 3 is 2.78 bits per heavy atom. The van der Waals surface area contributed by atoms with Crippen molar-refractivity contribution in [2.45, 2.75) is 40.5 Å². The Balaban J connectivity index is 2.19. The van der Waals surface area contributed by atoms with E-state index < -0.39 is 0 Å². The summed E-state index contributed by atoms with van der Waals surface area (Å²) in [6.07, 6.45) is 1.94. The average molecular weight is 249 g/mol. The van der Waals surface area contributed by atoms with Crippen LogP contribution >= 0.6 is 0 Å². The Hall–Kier alpha value is -1.32. The van der Waals surface area contributed by atoms with Crippen molar-refractivity contribution < 1.29 is 0 Å². The predicted molar refractivity (Wildman–Crippen MR) is 74.0 cm³/mol. The van der Waals surface area contributed by atoms with Crippen LogP contribution in [0.15, 0.2) is 10.9 Å². The molecule has 1 aromatic rings. The molecule has 0 amide bonds. The number of rotatable bonds is 2. The highest BCUT2D eigenvalue weighted by Crippen LogP contribution is 2.34. The van der Waals surface area contributed by atoms with Crippen LogP contribution in [0.25, 0.3) is 0 Å². The number of nitrogens with zero attached hydrogens (tertiary/aromatic N) is 2. The maximum atomic E-state index is 11.6. The zero-order valence-corrected chi connectivity index (χ0v) is 11.8. The van der Waals surface area contributed by atoms with Gasteiger partial charge in [0, 0.05) is 25.6 Å². The molecule has 0 bridgehead atoms. The molecule has 0 saturated carbocycles. The van der Waals surface area contributed by atoms with Crippen LogP contribution in [0.4, 0.5) is 5.82 Å². The fourth-order valence-electron chi connectivity index (χ4n) is 2.50. The maximum absolute atomic E-state index is 11.6. The van der Waals surface area contributed by atoms with Crippen molar-refractivity contribution in [1.29, 1.82) is 0 Å². The third-order valence-electron chi connectivity index (χ3n) is 3.85. The summed E-state index contributed by atoms with van der Waals surface area (Å²) in [6, 6.07) is 1.62. The predicted octanol–water partition coefficient (Wildman–Crippen LogP) is 2.20. The van der Waals surface area contributed by atoms with Crippen LogP contribution in [0.2, 0.25) is 0 Å². The van der Waals surface area contributed by atoms with Gasteiger partial charge in [0.1, 0.15) is 11.6 Å². The fraction of sp³-hybridized carbons (Fsp3) is 0.714. The van der Waals surface area contributed by atoms with E-state index in [9.17, 15) is 4.79 Å².